The number of aromatic amines is 1. The van der Waals surface area contributed by atoms with Crippen molar-refractivity contribution in [2.24, 2.45) is 5.92 Å². The van der Waals surface area contributed by atoms with Crippen LogP contribution >= 0.6 is 11.6 Å². The SMILES string of the molecule is Cc1c(Cl)cccc1NC(=O)c1cc(C(C)C)nc2c1c(=O)[nH]c(=O)n2CC(C)C. The molecule has 0 radical (unpaired) electrons. The van der Waals surface area contributed by atoms with Crippen molar-refractivity contribution >= 4 is 34.2 Å². The van der Waals surface area contributed by atoms with Crippen LogP contribution in [0.3, 0.4) is 0 Å². The van der Waals surface area contributed by atoms with E-state index >= 15 is 0 Å². The van der Waals surface area contributed by atoms with E-state index in [-0.39, 0.29) is 28.4 Å². The molecule has 0 fully saturated rings. The summed E-state index contributed by atoms with van der Waals surface area (Å²) >= 11 is 6.16. The van der Waals surface area contributed by atoms with Gasteiger partial charge < -0.3 is 5.32 Å². The number of nitrogens with zero attached hydrogens (tertiary/aromatic N) is 2. The van der Waals surface area contributed by atoms with Crippen LogP contribution in [0, 0.1) is 12.8 Å². The summed E-state index contributed by atoms with van der Waals surface area (Å²) in [6.45, 7) is 9.98. The summed E-state index contributed by atoms with van der Waals surface area (Å²) < 4.78 is 1.43. The monoisotopic (exact) mass is 428 g/mol. The molecule has 0 aliphatic heterocycles. The number of hydrogen-bond acceptors (Lipinski definition) is 4. The number of aromatic nitrogens is 3. The van der Waals surface area contributed by atoms with Gasteiger partial charge in [-0.15, -0.1) is 0 Å². The number of nitrogens with one attached hydrogen (secondary N) is 2. The van der Waals surface area contributed by atoms with Crippen LogP contribution in [-0.4, -0.2) is 20.4 Å². The summed E-state index contributed by atoms with van der Waals surface area (Å²) in [5.41, 5.74) is 1.12. The highest BCUT2D eigenvalue weighted by Gasteiger charge is 2.21. The molecule has 0 saturated heterocycles. The molecule has 2 N–H and O–H groups in total. The molecule has 0 aliphatic rings. The number of pyridine rings is 1. The van der Waals surface area contributed by atoms with Crippen LogP contribution in [0.2, 0.25) is 5.02 Å². The third kappa shape index (κ3) is 4.16. The van der Waals surface area contributed by atoms with Crippen molar-refractivity contribution < 1.29 is 4.79 Å². The molecule has 2 heterocycles. The van der Waals surface area contributed by atoms with Gasteiger partial charge in [-0.25, -0.2) is 9.78 Å². The van der Waals surface area contributed by atoms with Crippen LogP contribution in [0.15, 0.2) is 33.9 Å². The van der Waals surface area contributed by atoms with Crippen molar-refractivity contribution in [3.63, 3.8) is 0 Å². The highest BCUT2D eigenvalue weighted by atomic mass is 35.5. The minimum absolute atomic E-state index is 0.00394. The number of anilines is 1. The molecule has 0 unspecified atom stereocenters. The van der Waals surface area contributed by atoms with Crippen molar-refractivity contribution in [1.29, 1.82) is 0 Å². The lowest BCUT2D eigenvalue weighted by Gasteiger charge is -2.16. The number of rotatable bonds is 5. The first kappa shape index (κ1) is 21.8. The maximum atomic E-state index is 13.2. The zero-order valence-electron chi connectivity index (χ0n) is 17.7. The van der Waals surface area contributed by atoms with E-state index in [2.05, 4.69) is 15.3 Å². The molecule has 3 rings (SSSR count). The fourth-order valence-corrected chi connectivity index (χ4v) is 3.41. The molecule has 1 amide bonds. The molecule has 8 heteroatoms. The van der Waals surface area contributed by atoms with Gasteiger partial charge in [0.1, 0.15) is 0 Å². The van der Waals surface area contributed by atoms with E-state index in [0.717, 1.165) is 5.56 Å². The van der Waals surface area contributed by atoms with Gasteiger partial charge in [0.25, 0.3) is 11.5 Å². The third-order valence-electron chi connectivity index (χ3n) is 4.87. The van der Waals surface area contributed by atoms with Crippen LogP contribution in [-0.2, 0) is 6.54 Å². The van der Waals surface area contributed by atoms with Gasteiger partial charge in [0.2, 0.25) is 0 Å². The first-order chi connectivity index (χ1) is 14.1. The van der Waals surface area contributed by atoms with Gasteiger partial charge in [-0.1, -0.05) is 45.4 Å². The van der Waals surface area contributed by atoms with Gasteiger partial charge in [-0.2, -0.15) is 0 Å². The minimum Gasteiger partial charge on any atom is -0.322 e. The van der Waals surface area contributed by atoms with Crippen molar-refractivity contribution in [3.05, 3.63) is 66.9 Å². The molecule has 0 spiro atoms. The number of hydrogen-bond donors (Lipinski definition) is 2. The summed E-state index contributed by atoms with van der Waals surface area (Å²) in [6, 6.07) is 6.83. The van der Waals surface area contributed by atoms with Gasteiger partial charge in [0, 0.05) is 22.9 Å². The predicted octanol–water partition coefficient (Wildman–Crippen LogP) is 4.08. The van der Waals surface area contributed by atoms with Gasteiger partial charge in [-0.05, 0) is 42.5 Å². The molecular weight excluding hydrogens is 404 g/mol. The smallest absolute Gasteiger partial charge is 0.322 e. The number of halogens is 1. The molecule has 0 saturated carbocycles. The highest BCUT2D eigenvalue weighted by Crippen LogP contribution is 2.25. The van der Waals surface area contributed by atoms with Gasteiger partial charge in [0.15, 0.2) is 5.65 Å². The number of carbonyl (C=O) groups is 1. The Kier molecular flexibility index (Phi) is 6.12. The zero-order valence-corrected chi connectivity index (χ0v) is 18.4. The molecule has 2 aromatic heterocycles. The lowest BCUT2D eigenvalue weighted by atomic mass is 10.0. The number of benzene rings is 1. The summed E-state index contributed by atoms with van der Waals surface area (Å²) in [7, 11) is 0. The largest absolute Gasteiger partial charge is 0.330 e. The van der Waals surface area contributed by atoms with E-state index in [1.54, 1.807) is 31.2 Å². The normalized spacial score (nSPS) is 11.5. The Bertz CT molecular complexity index is 1240. The number of fused-ring (bicyclic) bond motifs is 1. The summed E-state index contributed by atoms with van der Waals surface area (Å²) in [4.78, 5) is 45.3. The van der Waals surface area contributed by atoms with Gasteiger partial charge in [-0.3, -0.25) is 19.1 Å². The van der Waals surface area contributed by atoms with Crippen molar-refractivity contribution in [1.82, 2.24) is 14.5 Å². The number of carbonyl (C=O) groups excluding carboxylic acids is 1. The first-order valence-corrected chi connectivity index (χ1v) is 10.2. The topological polar surface area (TPSA) is 96.8 Å². The maximum absolute atomic E-state index is 13.2. The highest BCUT2D eigenvalue weighted by molar-refractivity contribution is 6.31. The average Bonchev–Trinajstić information content (AvgIpc) is 2.67. The molecule has 0 bridgehead atoms. The molecule has 0 atom stereocenters. The van der Waals surface area contributed by atoms with Crippen LogP contribution in [0.4, 0.5) is 5.69 Å². The fraction of sp³-hybridized carbons (Fsp3) is 0.364. The Morgan fingerprint density at radius 3 is 2.57 bits per heavy atom. The Hall–Kier alpha value is -2.93. The Labute approximate surface area is 179 Å². The van der Waals surface area contributed by atoms with E-state index in [1.807, 2.05) is 27.7 Å². The molecule has 158 valence electrons. The molecule has 30 heavy (non-hydrogen) atoms. The Balaban J connectivity index is 2.27. The van der Waals surface area contributed by atoms with Crippen LogP contribution < -0.4 is 16.6 Å². The minimum atomic E-state index is -0.634. The quantitative estimate of drug-likeness (QED) is 0.639. The average molecular weight is 429 g/mol. The van der Waals surface area contributed by atoms with Crippen LogP contribution in [0.1, 0.15) is 55.2 Å². The second kappa shape index (κ2) is 8.44. The van der Waals surface area contributed by atoms with E-state index in [9.17, 15) is 14.4 Å². The fourth-order valence-electron chi connectivity index (χ4n) is 3.24. The molecular formula is C22H25ClN4O3. The van der Waals surface area contributed by atoms with Gasteiger partial charge >= 0.3 is 5.69 Å². The van der Waals surface area contributed by atoms with Crippen molar-refractivity contribution in [2.75, 3.05) is 5.32 Å². The standard InChI is InChI=1S/C22H25ClN4O3/c1-11(2)10-27-19-18(21(29)26-22(27)30)14(9-17(24-19)12(3)4)20(28)25-16-8-6-7-15(23)13(16)5/h6-9,11-12H,10H2,1-5H3,(H,25,28)(H,26,29,30). The van der Waals surface area contributed by atoms with Crippen molar-refractivity contribution in [3.8, 4) is 0 Å². The molecule has 3 aromatic rings. The first-order valence-electron chi connectivity index (χ1n) is 9.84. The second-order valence-electron chi connectivity index (χ2n) is 8.08. The summed E-state index contributed by atoms with van der Waals surface area (Å²) in [5, 5.41) is 3.46. The lowest BCUT2D eigenvalue weighted by Crippen LogP contribution is -2.33. The van der Waals surface area contributed by atoms with E-state index in [1.165, 1.54) is 4.57 Å². The zero-order chi connectivity index (χ0) is 22.2. The number of amides is 1. The Morgan fingerprint density at radius 1 is 1.23 bits per heavy atom. The van der Waals surface area contributed by atoms with E-state index < -0.39 is 17.2 Å². The van der Waals surface area contributed by atoms with Gasteiger partial charge in [0.05, 0.1) is 10.9 Å². The molecule has 0 aliphatic carbocycles. The summed E-state index contributed by atoms with van der Waals surface area (Å²) in [6.07, 6.45) is 0. The summed E-state index contributed by atoms with van der Waals surface area (Å²) in [5.74, 6) is -0.321. The Morgan fingerprint density at radius 2 is 1.93 bits per heavy atom. The predicted molar refractivity (Wildman–Crippen MR) is 120 cm³/mol. The third-order valence-corrected chi connectivity index (χ3v) is 5.28. The molecule has 1 aromatic carbocycles. The van der Waals surface area contributed by atoms with Crippen LogP contribution in [0.25, 0.3) is 11.0 Å². The lowest BCUT2D eigenvalue weighted by molar-refractivity contribution is 0.102. The second-order valence-corrected chi connectivity index (χ2v) is 8.49. The molecule has 7 nitrogen and oxygen atoms in total. The van der Waals surface area contributed by atoms with E-state index in [4.69, 9.17) is 11.6 Å². The number of H-pyrrole nitrogens is 1. The van der Waals surface area contributed by atoms with E-state index in [0.29, 0.717) is 22.9 Å². The van der Waals surface area contributed by atoms with Crippen LogP contribution in [0.5, 0.6) is 0 Å². The van der Waals surface area contributed by atoms with Crippen molar-refractivity contribution in [2.45, 2.75) is 47.1 Å². The maximum Gasteiger partial charge on any atom is 0.330 e.